The van der Waals surface area contributed by atoms with Crippen molar-refractivity contribution in [2.24, 2.45) is 5.41 Å². The minimum absolute atomic E-state index is 0.0824. The largest absolute Gasteiger partial charge is 0.376 e. The number of aldehydes is 1. The molecule has 1 heterocycles. The summed E-state index contributed by atoms with van der Waals surface area (Å²) in [7, 11) is 0. The topological polar surface area (TPSA) is 29.5 Å². The van der Waals surface area contributed by atoms with Crippen LogP contribution in [0.5, 0.6) is 0 Å². The van der Waals surface area contributed by atoms with Crippen LogP contribution in [0.1, 0.15) is 58.8 Å². The van der Waals surface area contributed by atoms with Gasteiger partial charge in [-0.05, 0) is 26.2 Å². The fourth-order valence-electron chi connectivity index (χ4n) is 3.63. The van der Waals surface area contributed by atoms with Crippen LogP contribution in [0.2, 0.25) is 0 Å². The number of ether oxygens (including phenoxy) is 1. The zero-order valence-corrected chi connectivity index (χ0v) is 12.6. The molecule has 2 fully saturated rings. The highest BCUT2D eigenvalue weighted by Crippen LogP contribution is 2.35. The van der Waals surface area contributed by atoms with E-state index in [0.29, 0.717) is 12.1 Å². The number of hydrogen-bond donors (Lipinski definition) is 0. The van der Waals surface area contributed by atoms with Crippen molar-refractivity contribution in [2.75, 3.05) is 19.7 Å². The lowest BCUT2D eigenvalue weighted by Crippen LogP contribution is -2.52. The summed E-state index contributed by atoms with van der Waals surface area (Å²) in [4.78, 5) is 14.2. The number of carbonyl (C=O) groups is 1. The van der Waals surface area contributed by atoms with E-state index in [1.165, 1.54) is 32.0 Å². The summed E-state index contributed by atoms with van der Waals surface area (Å²) in [6, 6.07) is 0.497. The SMILES string of the molecule is CCC1COC(C)CN1CC1(C=O)CCCCCC1. The van der Waals surface area contributed by atoms with E-state index < -0.39 is 0 Å². The van der Waals surface area contributed by atoms with E-state index in [1.54, 1.807) is 0 Å². The highest BCUT2D eigenvalue weighted by atomic mass is 16.5. The third-order valence-corrected chi connectivity index (χ3v) is 4.92. The number of morpholine rings is 1. The lowest BCUT2D eigenvalue weighted by Gasteiger charge is -2.42. The molecule has 2 aliphatic rings. The first-order chi connectivity index (χ1) is 9.19. The minimum Gasteiger partial charge on any atom is -0.376 e. The molecule has 0 N–H and O–H groups in total. The van der Waals surface area contributed by atoms with E-state index in [0.717, 1.165) is 39.0 Å². The van der Waals surface area contributed by atoms with E-state index in [1.807, 2.05) is 0 Å². The van der Waals surface area contributed by atoms with Crippen LogP contribution in [0.15, 0.2) is 0 Å². The van der Waals surface area contributed by atoms with Crippen molar-refractivity contribution in [3.8, 4) is 0 Å². The maximum atomic E-state index is 11.7. The standard InChI is InChI=1S/C16H29NO2/c1-3-15-11-19-14(2)10-17(15)12-16(13-18)8-6-4-5-7-9-16/h13-15H,3-12H2,1-2H3. The Morgan fingerprint density at radius 1 is 1.26 bits per heavy atom. The average Bonchev–Trinajstić information content (AvgIpc) is 2.65. The van der Waals surface area contributed by atoms with Gasteiger partial charge in [0, 0.05) is 24.5 Å². The van der Waals surface area contributed by atoms with Crippen molar-refractivity contribution in [3.05, 3.63) is 0 Å². The van der Waals surface area contributed by atoms with Crippen molar-refractivity contribution < 1.29 is 9.53 Å². The van der Waals surface area contributed by atoms with E-state index in [2.05, 4.69) is 18.7 Å². The predicted molar refractivity (Wildman–Crippen MR) is 77.3 cm³/mol. The zero-order chi connectivity index (χ0) is 13.7. The molecule has 0 spiro atoms. The van der Waals surface area contributed by atoms with Crippen molar-refractivity contribution in [1.29, 1.82) is 0 Å². The number of hydrogen-bond acceptors (Lipinski definition) is 3. The molecule has 0 aromatic rings. The van der Waals surface area contributed by atoms with Crippen LogP contribution in [-0.4, -0.2) is 43.0 Å². The number of rotatable bonds is 4. The van der Waals surface area contributed by atoms with Crippen LogP contribution in [0.4, 0.5) is 0 Å². The lowest BCUT2D eigenvalue weighted by molar-refractivity contribution is -0.121. The van der Waals surface area contributed by atoms with Gasteiger partial charge in [-0.25, -0.2) is 0 Å². The summed E-state index contributed by atoms with van der Waals surface area (Å²) in [5.41, 5.74) is -0.0824. The van der Waals surface area contributed by atoms with Crippen LogP contribution in [0, 0.1) is 5.41 Å². The monoisotopic (exact) mass is 267 g/mol. The molecule has 0 bridgehead atoms. The molecule has 3 heteroatoms. The van der Waals surface area contributed by atoms with Gasteiger partial charge in [0.15, 0.2) is 0 Å². The molecule has 0 aromatic carbocycles. The molecule has 19 heavy (non-hydrogen) atoms. The Kier molecular flexibility index (Phi) is 5.40. The van der Waals surface area contributed by atoms with Crippen LogP contribution in [0.25, 0.3) is 0 Å². The molecule has 1 aliphatic carbocycles. The molecule has 2 unspecified atom stereocenters. The van der Waals surface area contributed by atoms with Crippen LogP contribution < -0.4 is 0 Å². The van der Waals surface area contributed by atoms with Crippen LogP contribution in [-0.2, 0) is 9.53 Å². The minimum atomic E-state index is -0.0824. The van der Waals surface area contributed by atoms with Gasteiger partial charge in [0.2, 0.25) is 0 Å². The third-order valence-electron chi connectivity index (χ3n) is 4.92. The molecule has 0 radical (unpaired) electrons. The van der Waals surface area contributed by atoms with Crippen molar-refractivity contribution in [1.82, 2.24) is 4.90 Å². The van der Waals surface area contributed by atoms with E-state index in [-0.39, 0.29) is 5.41 Å². The second-order valence-electron chi connectivity index (χ2n) is 6.53. The Labute approximate surface area is 117 Å². The van der Waals surface area contributed by atoms with E-state index in [4.69, 9.17) is 4.74 Å². The highest BCUT2D eigenvalue weighted by molar-refractivity contribution is 5.59. The second kappa shape index (κ2) is 6.85. The molecule has 110 valence electrons. The first-order valence-corrected chi connectivity index (χ1v) is 8.01. The summed E-state index contributed by atoms with van der Waals surface area (Å²) < 4.78 is 5.76. The smallest absolute Gasteiger partial charge is 0.127 e. The Hall–Kier alpha value is -0.410. The summed E-state index contributed by atoms with van der Waals surface area (Å²) in [5.74, 6) is 0. The molecule has 0 aromatic heterocycles. The maximum absolute atomic E-state index is 11.7. The van der Waals surface area contributed by atoms with E-state index >= 15 is 0 Å². The quantitative estimate of drug-likeness (QED) is 0.579. The van der Waals surface area contributed by atoms with Gasteiger partial charge in [0.1, 0.15) is 6.29 Å². The molecule has 1 aliphatic heterocycles. The Balaban J connectivity index is 2.04. The number of carbonyl (C=O) groups excluding carboxylic acids is 1. The molecule has 3 nitrogen and oxygen atoms in total. The Morgan fingerprint density at radius 3 is 2.53 bits per heavy atom. The summed E-state index contributed by atoms with van der Waals surface area (Å²) in [6.07, 6.45) is 9.88. The van der Waals surface area contributed by atoms with Gasteiger partial charge in [-0.3, -0.25) is 4.90 Å². The normalized spacial score (nSPS) is 32.7. The van der Waals surface area contributed by atoms with Crippen LogP contribution >= 0.6 is 0 Å². The van der Waals surface area contributed by atoms with Gasteiger partial charge in [-0.2, -0.15) is 0 Å². The Morgan fingerprint density at radius 2 is 1.95 bits per heavy atom. The molecule has 2 atom stereocenters. The first-order valence-electron chi connectivity index (χ1n) is 8.01. The molecule has 2 rings (SSSR count). The van der Waals surface area contributed by atoms with Crippen molar-refractivity contribution in [3.63, 3.8) is 0 Å². The number of nitrogens with zero attached hydrogens (tertiary/aromatic N) is 1. The first kappa shape index (κ1) is 15.0. The van der Waals surface area contributed by atoms with Gasteiger partial charge < -0.3 is 9.53 Å². The van der Waals surface area contributed by atoms with Gasteiger partial charge >= 0.3 is 0 Å². The zero-order valence-electron chi connectivity index (χ0n) is 12.6. The summed E-state index contributed by atoms with van der Waals surface area (Å²) >= 11 is 0. The highest BCUT2D eigenvalue weighted by Gasteiger charge is 2.36. The molecule has 1 saturated heterocycles. The maximum Gasteiger partial charge on any atom is 0.127 e. The second-order valence-corrected chi connectivity index (χ2v) is 6.53. The predicted octanol–water partition coefficient (Wildman–Crippen LogP) is 3.03. The van der Waals surface area contributed by atoms with Gasteiger partial charge in [0.25, 0.3) is 0 Å². The van der Waals surface area contributed by atoms with E-state index in [9.17, 15) is 4.79 Å². The summed E-state index contributed by atoms with van der Waals surface area (Å²) in [5, 5.41) is 0. The average molecular weight is 267 g/mol. The molecule has 1 saturated carbocycles. The molecular weight excluding hydrogens is 238 g/mol. The van der Waals surface area contributed by atoms with Crippen LogP contribution in [0.3, 0.4) is 0 Å². The van der Waals surface area contributed by atoms with Gasteiger partial charge in [-0.15, -0.1) is 0 Å². The Bertz CT molecular complexity index is 284. The van der Waals surface area contributed by atoms with Gasteiger partial charge in [-0.1, -0.05) is 32.6 Å². The lowest BCUT2D eigenvalue weighted by atomic mass is 9.80. The summed E-state index contributed by atoms with van der Waals surface area (Å²) in [6.45, 7) is 7.11. The van der Waals surface area contributed by atoms with Crippen molar-refractivity contribution in [2.45, 2.75) is 70.9 Å². The fourth-order valence-corrected chi connectivity index (χ4v) is 3.63. The molecular formula is C16H29NO2. The molecule has 0 amide bonds. The third kappa shape index (κ3) is 3.79. The van der Waals surface area contributed by atoms with Gasteiger partial charge in [0.05, 0.1) is 12.7 Å². The van der Waals surface area contributed by atoms with Crippen molar-refractivity contribution >= 4 is 6.29 Å². The fraction of sp³-hybridized carbons (Fsp3) is 0.938.